The van der Waals surface area contributed by atoms with E-state index in [1.165, 1.54) is 0 Å². The van der Waals surface area contributed by atoms with Gasteiger partial charge in [-0.3, -0.25) is 4.79 Å². The van der Waals surface area contributed by atoms with Crippen LogP contribution in [-0.2, 0) is 11.2 Å². The molecule has 0 heterocycles. The van der Waals surface area contributed by atoms with Crippen LogP contribution in [0.3, 0.4) is 0 Å². The fourth-order valence-corrected chi connectivity index (χ4v) is 2.08. The van der Waals surface area contributed by atoms with Crippen molar-refractivity contribution in [2.45, 2.75) is 32.2 Å². The lowest BCUT2D eigenvalue weighted by atomic mass is 10.0. The Bertz CT molecular complexity index is 410. The van der Waals surface area contributed by atoms with Crippen molar-refractivity contribution in [2.75, 3.05) is 6.61 Å². The normalized spacial score (nSPS) is 12.2. The van der Waals surface area contributed by atoms with Gasteiger partial charge in [-0.2, -0.15) is 0 Å². The largest absolute Gasteiger partial charge is 0.492 e. The van der Waals surface area contributed by atoms with Crippen molar-refractivity contribution in [1.82, 2.24) is 0 Å². The zero-order valence-electron chi connectivity index (χ0n) is 10.5. The highest BCUT2D eigenvalue weighted by Crippen LogP contribution is 2.30. The molecule has 1 amide bonds. The molecule has 0 fully saturated rings. The van der Waals surface area contributed by atoms with Crippen molar-refractivity contribution >= 4 is 21.8 Å². The average Bonchev–Trinajstić information content (AvgIpc) is 2.32. The first-order valence-corrected chi connectivity index (χ1v) is 6.78. The first kappa shape index (κ1) is 15.0. The van der Waals surface area contributed by atoms with E-state index in [1.807, 2.05) is 18.2 Å². The Kier molecular flexibility index (Phi) is 6.15. The maximum Gasteiger partial charge on any atom is 0.220 e. The van der Waals surface area contributed by atoms with Crippen LogP contribution >= 0.6 is 15.9 Å². The number of amides is 1. The third-order valence-electron chi connectivity index (χ3n) is 2.65. The molecular formula is C13H19BrN2O2. The first-order chi connectivity index (χ1) is 8.54. The summed E-state index contributed by atoms with van der Waals surface area (Å²) in [5, 5.41) is 0. The molecule has 0 saturated carbocycles. The maximum absolute atomic E-state index is 10.7. The summed E-state index contributed by atoms with van der Waals surface area (Å²) in [4.78, 5) is 10.7. The van der Waals surface area contributed by atoms with Gasteiger partial charge in [-0.25, -0.2) is 0 Å². The maximum atomic E-state index is 10.7. The highest BCUT2D eigenvalue weighted by molar-refractivity contribution is 9.10. The van der Waals surface area contributed by atoms with Gasteiger partial charge in [-0.1, -0.05) is 19.1 Å². The van der Waals surface area contributed by atoms with Gasteiger partial charge >= 0.3 is 0 Å². The summed E-state index contributed by atoms with van der Waals surface area (Å²) in [5.74, 6) is 0.386. The van der Waals surface area contributed by atoms with Gasteiger partial charge in [-0.15, -0.1) is 0 Å². The summed E-state index contributed by atoms with van der Waals surface area (Å²) in [6, 6.07) is 5.95. The van der Waals surface area contributed by atoms with Gasteiger partial charge in [0.05, 0.1) is 17.5 Å². The molecule has 0 aliphatic rings. The van der Waals surface area contributed by atoms with E-state index in [9.17, 15) is 4.79 Å². The van der Waals surface area contributed by atoms with Crippen molar-refractivity contribution in [1.29, 1.82) is 0 Å². The molecule has 100 valence electrons. The standard InChI is InChI=1S/C13H19BrN2O2/c1-2-10(15)8-9-4-3-5-11(14)13(9)18-7-6-12(16)17/h3-5,10H,2,6-8,15H2,1H3,(H2,16,17). The molecule has 0 radical (unpaired) electrons. The van der Waals surface area contributed by atoms with Crippen LogP contribution in [0.25, 0.3) is 0 Å². The number of primary amides is 1. The van der Waals surface area contributed by atoms with E-state index in [-0.39, 0.29) is 25.0 Å². The van der Waals surface area contributed by atoms with E-state index in [1.54, 1.807) is 0 Å². The lowest BCUT2D eigenvalue weighted by Crippen LogP contribution is -2.22. The van der Waals surface area contributed by atoms with Crippen LogP contribution < -0.4 is 16.2 Å². The Morgan fingerprint density at radius 3 is 2.83 bits per heavy atom. The number of nitrogens with two attached hydrogens (primary N) is 2. The summed E-state index contributed by atoms with van der Waals surface area (Å²) in [6.07, 6.45) is 1.87. The number of carbonyl (C=O) groups is 1. The molecule has 0 spiro atoms. The predicted octanol–water partition coefficient (Wildman–Crippen LogP) is 1.98. The molecule has 1 unspecified atom stereocenters. The van der Waals surface area contributed by atoms with Gasteiger partial charge in [0.25, 0.3) is 0 Å². The Balaban J connectivity index is 2.76. The highest BCUT2D eigenvalue weighted by Gasteiger charge is 2.11. The number of hydrogen-bond donors (Lipinski definition) is 2. The minimum Gasteiger partial charge on any atom is -0.492 e. The van der Waals surface area contributed by atoms with Gasteiger partial charge in [0.2, 0.25) is 5.91 Å². The van der Waals surface area contributed by atoms with E-state index >= 15 is 0 Å². The second kappa shape index (κ2) is 7.38. The Hall–Kier alpha value is -1.07. The molecule has 1 atom stereocenters. The van der Waals surface area contributed by atoms with E-state index in [0.717, 1.165) is 28.6 Å². The number of ether oxygens (including phenoxy) is 1. The zero-order valence-corrected chi connectivity index (χ0v) is 12.1. The third kappa shape index (κ3) is 4.66. The summed E-state index contributed by atoms with van der Waals surface area (Å²) < 4.78 is 6.49. The topological polar surface area (TPSA) is 78.3 Å². The van der Waals surface area contributed by atoms with Crippen LogP contribution in [0.1, 0.15) is 25.3 Å². The molecule has 0 saturated heterocycles. The molecular weight excluding hydrogens is 296 g/mol. The average molecular weight is 315 g/mol. The number of halogens is 1. The number of para-hydroxylation sites is 1. The summed E-state index contributed by atoms with van der Waals surface area (Å²) in [7, 11) is 0. The molecule has 0 bridgehead atoms. The molecule has 0 aliphatic carbocycles. The number of benzene rings is 1. The van der Waals surface area contributed by atoms with E-state index in [0.29, 0.717) is 0 Å². The molecule has 5 heteroatoms. The van der Waals surface area contributed by atoms with Gasteiger partial charge in [0.15, 0.2) is 0 Å². The molecule has 4 nitrogen and oxygen atoms in total. The van der Waals surface area contributed by atoms with Crippen LogP contribution in [0.15, 0.2) is 22.7 Å². The monoisotopic (exact) mass is 314 g/mol. The van der Waals surface area contributed by atoms with E-state index in [2.05, 4.69) is 22.9 Å². The minimum absolute atomic E-state index is 0.109. The summed E-state index contributed by atoms with van der Waals surface area (Å²) >= 11 is 3.44. The molecule has 0 aromatic heterocycles. The molecule has 1 aromatic rings. The van der Waals surface area contributed by atoms with Crippen LogP contribution in [-0.4, -0.2) is 18.6 Å². The SMILES string of the molecule is CCC(N)Cc1cccc(Br)c1OCCC(N)=O. The van der Waals surface area contributed by atoms with Crippen LogP contribution in [0.5, 0.6) is 5.75 Å². The quantitative estimate of drug-likeness (QED) is 0.807. The fourth-order valence-electron chi connectivity index (χ4n) is 1.56. The van der Waals surface area contributed by atoms with Gasteiger partial charge in [0.1, 0.15) is 5.75 Å². The highest BCUT2D eigenvalue weighted by atomic mass is 79.9. The molecule has 0 aliphatic heterocycles. The Morgan fingerprint density at radius 2 is 2.22 bits per heavy atom. The van der Waals surface area contributed by atoms with Gasteiger partial charge in [-0.05, 0) is 40.4 Å². The third-order valence-corrected chi connectivity index (χ3v) is 3.27. The predicted molar refractivity (Wildman–Crippen MR) is 75.4 cm³/mol. The van der Waals surface area contributed by atoms with Crippen molar-refractivity contribution in [3.8, 4) is 5.75 Å². The van der Waals surface area contributed by atoms with E-state index in [4.69, 9.17) is 16.2 Å². The molecule has 4 N–H and O–H groups in total. The molecule has 1 rings (SSSR count). The van der Waals surface area contributed by atoms with Crippen molar-refractivity contribution in [3.05, 3.63) is 28.2 Å². The molecule has 1 aromatic carbocycles. The number of carbonyl (C=O) groups excluding carboxylic acids is 1. The first-order valence-electron chi connectivity index (χ1n) is 5.98. The van der Waals surface area contributed by atoms with Crippen molar-refractivity contribution < 1.29 is 9.53 Å². The lowest BCUT2D eigenvalue weighted by molar-refractivity contribution is -0.118. The Labute approximate surface area is 116 Å². The van der Waals surface area contributed by atoms with Crippen molar-refractivity contribution in [2.24, 2.45) is 11.5 Å². The summed E-state index contributed by atoms with van der Waals surface area (Å²) in [5.41, 5.74) is 12.1. The zero-order chi connectivity index (χ0) is 13.5. The van der Waals surface area contributed by atoms with Gasteiger partial charge < -0.3 is 16.2 Å². The molecule has 18 heavy (non-hydrogen) atoms. The van der Waals surface area contributed by atoms with E-state index < -0.39 is 0 Å². The minimum atomic E-state index is -0.367. The fraction of sp³-hybridized carbons (Fsp3) is 0.462. The lowest BCUT2D eigenvalue weighted by Gasteiger charge is -2.15. The number of rotatable bonds is 7. The van der Waals surface area contributed by atoms with Crippen LogP contribution in [0.2, 0.25) is 0 Å². The van der Waals surface area contributed by atoms with Crippen LogP contribution in [0, 0.1) is 0 Å². The van der Waals surface area contributed by atoms with Crippen LogP contribution in [0.4, 0.5) is 0 Å². The summed E-state index contributed by atoms with van der Waals surface area (Å²) in [6.45, 7) is 2.34. The smallest absolute Gasteiger partial charge is 0.220 e. The van der Waals surface area contributed by atoms with Gasteiger partial charge in [0, 0.05) is 6.04 Å². The second-order valence-electron chi connectivity index (χ2n) is 4.17. The Morgan fingerprint density at radius 1 is 1.50 bits per heavy atom. The second-order valence-corrected chi connectivity index (χ2v) is 5.02. The number of hydrogen-bond acceptors (Lipinski definition) is 3. The van der Waals surface area contributed by atoms with Crippen molar-refractivity contribution in [3.63, 3.8) is 0 Å².